The standard InChI is InChI=1S/C12H14FN3O2S2/c1-8-7-19-12(16-8)4-5-15-20(17,18)9-2-3-10(13)11(14)6-9/h2-3,6-7,15H,4-5,14H2,1H3. The largest absolute Gasteiger partial charge is 0.396 e. The quantitative estimate of drug-likeness (QED) is 0.822. The molecule has 5 nitrogen and oxygen atoms in total. The van der Waals surface area contributed by atoms with Crippen molar-refractivity contribution >= 4 is 27.0 Å². The minimum atomic E-state index is -3.68. The van der Waals surface area contributed by atoms with Crippen LogP contribution in [-0.4, -0.2) is 19.9 Å². The molecule has 1 heterocycles. The summed E-state index contributed by atoms with van der Waals surface area (Å²) in [7, 11) is -3.68. The molecular formula is C12H14FN3O2S2. The van der Waals surface area contributed by atoms with Gasteiger partial charge in [0.15, 0.2) is 0 Å². The zero-order valence-corrected chi connectivity index (χ0v) is 12.4. The highest BCUT2D eigenvalue weighted by atomic mass is 32.2. The molecule has 1 aromatic carbocycles. The number of nitrogens with zero attached hydrogens (tertiary/aromatic N) is 1. The summed E-state index contributed by atoms with van der Waals surface area (Å²) in [5.41, 5.74) is 6.09. The number of nitrogens with two attached hydrogens (primary N) is 1. The molecule has 0 amide bonds. The molecule has 0 radical (unpaired) electrons. The number of rotatable bonds is 5. The van der Waals surface area contributed by atoms with Crippen LogP contribution in [0, 0.1) is 12.7 Å². The Hall–Kier alpha value is -1.51. The van der Waals surface area contributed by atoms with Gasteiger partial charge in [-0.3, -0.25) is 0 Å². The first kappa shape index (κ1) is 14.9. The Bertz CT molecular complexity index is 713. The summed E-state index contributed by atoms with van der Waals surface area (Å²) in [4.78, 5) is 4.19. The van der Waals surface area contributed by atoms with Crippen molar-refractivity contribution in [3.8, 4) is 0 Å². The third kappa shape index (κ3) is 3.53. The summed E-state index contributed by atoms with van der Waals surface area (Å²) in [6, 6.07) is 3.32. The van der Waals surface area contributed by atoms with Crippen LogP contribution in [0.3, 0.4) is 0 Å². The molecule has 3 N–H and O–H groups in total. The van der Waals surface area contributed by atoms with Crippen LogP contribution in [0.15, 0.2) is 28.5 Å². The van der Waals surface area contributed by atoms with Gasteiger partial charge in [0.05, 0.1) is 15.6 Å². The molecule has 0 fully saturated rings. The lowest BCUT2D eigenvalue weighted by Crippen LogP contribution is -2.26. The summed E-state index contributed by atoms with van der Waals surface area (Å²) in [5, 5.41) is 2.77. The summed E-state index contributed by atoms with van der Waals surface area (Å²) in [6.45, 7) is 2.11. The maximum atomic E-state index is 13.0. The van der Waals surface area contributed by atoms with Crippen LogP contribution < -0.4 is 10.5 Å². The molecule has 8 heteroatoms. The highest BCUT2D eigenvalue weighted by molar-refractivity contribution is 7.89. The molecule has 0 aliphatic heterocycles. The first-order valence-electron chi connectivity index (χ1n) is 5.84. The second-order valence-electron chi connectivity index (χ2n) is 4.21. The van der Waals surface area contributed by atoms with Crippen molar-refractivity contribution in [3.05, 3.63) is 40.1 Å². The topological polar surface area (TPSA) is 85.1 Å². The van der Waals surface area contributed by atoms with E-state index in [1.807, 2.05) is 12.3 Å². The van der Waals surface area contributed by atoms with Gasteiger partial charge >= 0.3 is 0 Å². The molecule has 20 heavy (non-hydrogen) atoms. The summed E-state index contributed by atoms with van der Waals surface area (Å²) in [5.74, 6) is -0.637. The van der Waals surface area contributed by atoms with E-state index in [0.29, 0.717) is 6.42 Å². The zero-order valence-electron chi connectivity index (χ0n) is 10.8. The number of aromatic nitrogens is 1. The van der Waals surface area contributed by atoms with Gasteiger partial charge in [0.2, 0.25) is 10.0 Å². The lowest BCUT2D eigenvalue weighted by molar-refractivity contribution is 0.581. The molecule has 0 aliphatic carbocycles. The second kappa shape index (κ2) is 5.86. The molecule has 0 aliphatic rings. The van der Waals surface area contributed by atoms with E-state index in [4.69, 9.17) is 5.73 Å². The lowest BCUT2D eigenvalue weighted by atomic mass is 10.3. The Labute approximate surface area is 120 Å². The fourth-order valence-corrected chi connectivity index (χ4v) is 3.42. The van der Waals surface area contributed by atoms with E-state index in [1.165, 1.54) is 17.4 Å². The van der Waals surface area contributed by atoms with E-state index in [1.54, 1.807) is 0 Å². The first-order valence-corrected chi connectivity index (χ1v) is 8.20. The van der Waals surface area contributed by atoms with Gasteiger partial charge in [-0.1, -0.05) is 0 Å². The fourth-order valence-electron chi connectivity index (χ4n) is 1.58. The summed E-state index contributed by atoms with van der Waals surface area (Å²) < 4.78 is 39.4. The molecule has 0 saturated heterocycles. The number of nitrogen functional groups attached to an aromatic ring is 1. The van der Waals surface area contributed by atoms with Crippen molar-refractivity contribution in [2.75, 3.05) is 12.3 Å². The minimum absolute atomic E-state index is 0.0493. The van der Waals surface area contributed by atoms with Gasteiger partial charge in [-0.15, -0.1) is 11.3 Å². The highest BCUT2D eigenvalue weighted by Gasteiger charge is 2.15. The van der Waals surface area contributed by atoms with Gasteiger partial charge < -0.3 is 5.73 Å². The van der Waals surface area contributed by atoms with Crippen LogP contribution in [0.5, 0.6) is 0 Å². The molecule has 0 unspecified atom stereocenters. The molecule has 0 saturated carbocycles. The van der Waals surface area contributed by atoms with Gasteiger partial charge in [0.25, 0.3) is 0 Å². The number of nitrogens with one attached hydrogen (secondary N) is 1. The highest BCUT2D eigenvalue weighted by Crippen LogP contribution is 2.16. The normalized spacial score (nSPS) is 11.7. The van der Waals surface area contributed by atoms with Crippen LogP contribution in [0.25, 0.3) is 0 Å². The van der Waals surface area contributed by atoms with E-state index in [9.17, 15) is 12.8 Å². The van der Waals surface area contributed by atoms with Crippen molar-refractivity contribution in [2.24, 2.45) is 0 Å². The predicted molar refractivity (Wildman–Crippen MR) is 76.6 cm³/mol. The third-order valence-corrected chi connectivity index (χ3v) is 5.06. The van der Waals surface area contributed by atoms with E-state index >= 15 is 0 Å². The molecule has 1 aromatic heterocycles. The van der Waals surface area contributed by atoms with Gasteiger partial charge in [-0.05, 0) is 25.1 Å². The molecular weight excluding hydrogens is 301 g/mol. The van der Waals surface area contributed by atoms with Crippen molar-refractivity contribution in [2.45, 2.75) is 18.2 Å². The van der Waals surface area contributed by atoms with Crippen LogP contribution in [-0.2, 0) is 16.4 Å². The Morgan fingerprint density at radius 1 is 1.45 bits per heavy atom. The monoisotopic (exact) mass is 315 g/mol. The number of thiazole rings is 1. The van der Waals surface area contributed by atoms with Gasteiger partial charge in [0, 0.05) is 24.0 Å². The maximum absolute atomic E-state index is 13.0. The van der Waals surface area contributed by atoms with Crippen LogP contribution in [0.4, 0.5) is 10.1 Å². The summed E-state index contributed by atoms with van der Waals surface area (Å²) >= 11 is 1.48. The predicted octanol–water partition coefficient (Wildman–Crippen LogP) is 1.69. The molecule has 2 aromatic rings. The van der Waals surface area contributed by atoms with Gasteiger partial charge in [-0.2, -0.15) is 0 Å². The van der Waals surface area contributed by atoms with E-state index in [2.05, 4.69) is 9.71 Å². The Morgan fingerprint density at radius 3 is 2.80 bits per heavy atom. The number of aryl methyl sites for hydroxylation is 1. The SMILES string of the molecule is Cc1csc(CCNS(=O)(=O)c2ccc(F)c(N)c2)n1. The average molecular weight is 315 g/mol. The third-order valence-electron chi connectivity index (χ3n) is 2.58. The Morgan fingerprint density at radius 2 is 2.20 bits per heavy atom. The average Bonchev–Trinajstić information content (AvgIpc) is 2.78. The van der Waals surface area contributed by atoms with Crippen LogP contribution in [0.2, 0.25) is 0 Å². The smallest absolute Gasteiger partial charge is 0.240 e. The summed E-state index contributed by atoms with van der Waals surface area (Å²) in [6.07, 6.45) is 0.508. The number of hydrogen-bond acceptors (Lipinski definition) is 5. The lowest BCUT2D eigenvalue weighted by Gasteiger charge is -2.07. The molecule has 0 atom stereocenters. The van der Waals surface area contributed by atoms with Crippen molar-refractivity contribution in [1.82, 2.24) is 9.71 Å². The number of benzene rings is 1. The maximum Gasteiger partial charge on any atom is 0.240 e. The van der Waals surface area contributed by atoms with Crippen molar-refractivity contribution in [1.29, 1.82) is 0 Å². The van der Waals surface area contributed by atoms with E-state index in [0.717, 1.165) is 22.8 Å². The minimum Gasteiger partial charge on any atom is -0.396 e. The fraction of sp³-hybridized carbons (Fsp3) is 0.250. The Kier molecular flexibility index (Phi) is 4.36. The molecule has 2 rings (SSSR count). The number of sulfonamides is 1. The number of anilines is 1. The van der Waals surface area contributed by atoms with Gasteiger partial charge in [0.1, 0.15) is 5.82 Å². The van der Waals surface area contributed by atoms with Crippen LogP contribution in [0.1, 0.15) is 10.7 Å². The van der Waals surface area contributed by atoms with E-state index in [-0.39, 0.29) is 17.1 Å². The molecule has 108 valence electrons. The number of halogens is 1. The van der Waals surface area contributed by atoms with E-state index < -0.39 is 15.8 Å². The Balaban J connectivity index is 2.02. The zero-order chi connectivity index (χ0) is 14.8. The first-order chi connectivity index (χ1) is 9.38. The van der Waals surface area contributed by atoms with Crippen LogP contribution >= 0.6 is 11.3 Å². The molecule has 0 spiro atoms. The number of hydrogen-bond donors (Lipinski definition) is 2. The van der Waals surface area contributed by atoms with Crippen molar-refractivity contribution in [3.63, 3.8) is 0 Å². The van der Waals surface area contributed by atoms with Crippen molar-refractivity contribution < 1.29 is 12.8 Å². The second-order valence-corrected chi connectivity index (χ2v) is 6.92. The van der Waals surface area contributed by atoms with Gasteiger partial charge in [-0.25, -0.2) is 22.5 Å². The molecule has 0 bridgehead atoms.